The lowest BCUT2D eigenvalue weighted by atomic mass is 10.0. The van der Waals surface area contributed by atoms with Gasteiger partial charge in [0, 0.05) is 32.7 Å². The number of nitrogens with zero attached hydrogens (tertiary/aromatic N) is 2. The summed E-state index contributed by atoms with van der Waals surface area (Å²) in [6, 6.07) is -0.0602. The van der Waals surface area contributed by atoms with Gasteiger partial charge >= 0.3 is 5.97 Å². The fourth-order valence-corrected chi connectivity index (χ4v) is 4.61. The molecule has 0 bridgehead atoms. The van der Waals surface area contributed by atoms with Crippen molar-refractivity contribution in [2.45, 2.75) is 31.8 Å². The fraction of sp³-hybridized carbons (Fsp3) is 0.917. The van der Waals surface area contributed by atoms with Gasteiger partial charge in [-0.3, -0.25) is 4.79 Å². The zero-order valence-electron chi connectivity index (χ0n) is 12.4. The predicted molar refractivity (Wildman–Crippen MR) is 77.9 cm³/mol. The van der Waals surface area contributed by atoms with Crippen LogP contribution in [-0.2, 0) is 15.0 Å². The zero-order valence-corrected chi connectivity index (χ0v) is 13.3. The second-order valence-electron chi connectivity index (χ2n) is 6.33. The summed E-state index contributed by atoms with van der Waals surface area (Å²) in [5, 5.41) is 12.2. The lowest BCUT2D eigenvalue weighted by molar-refractivity contribution is -0.142. The molecule has 0 unspecified atom stereocenters. The van der Waals surface area contributed by atoms with E-state index in [1.54, 1.807) is 0 Å². The summed E-state index contributed by atoms with van der Waals surface area (Å²) in [6.45, 7) is 5.60. The molecule has 0 aromatic carbocycles. The van der Waals surface area contributed by atoms with E-state index < -0.39 is 21.7 Å². The third kappa shape index (κ3) is 3.21. The van der Waals surface area contributed by atoms with Crippen molar-refractivity contribution in [3.63, 3.8) is 0 Å². The molecule has 2 aliphatic heterocycles. The van der Waals surface area contributed by atoms with Gasteiger partial charge in [0.2, 0.25) is 0 Å². The van der Waals surface area contributed by atoms with Gasteiger partial charge in [0.1, 0.15) is 5.54 Å². The third-order valence-corrected chi connectivity index (χ3v) is 6.03. The molecule has 8 nitrogen and oxygen atoms in total. The van der Waals surface area contributed by atoms with Gasteiger partial charge in [0.15, 0.2) is 0 Å². The summed E-state index contributed by atoms with van der Waals surface area (Å²) in [5.74, 6) is -0.953. The van der Waals surface area contributed by atoms with Crippen LogP contribution in [0.25, 0.3) is 0 Å². The Kier molecular flexibility index (Phi) is 4.60. The highest BCUT2D eigenvalue weighted by Gasteiger charge is 2.48. The summed E-state index contributed by atoms with van der Waals surface area (Å²) in [5.41, 5.74) is 4.30. The van der Waals surface area contributed by atoms with Gasteiger partial charge in [0.05, 0.1) is 6.04 Å². The Morgan fingerprint density at radius 2 is 2.14 bits per heavy atom. The molecule has 2 fully saturated rings. The van der Waals surface area contributed by atoms with Crippen molar-refractivity contribution in [3.8, 4) is 0 Å². The Morgan fingerprint density at radius 1 is 1.52 bits per heavy atom. The molecule has 1 atom stereocenters. The number of rotatable bonds is 6. The highest BCUT2D eigenvalue weighted by molar-refractivity contribution is 7.86. The van der Waals surface area contributed by atoms with Crippen LogP contribution in [0.5, 0.6) is 0 Å². The first-order valence-corrected chi connectivity index (χ1v) is 8.56. The molecule has 0 aromatic rings. The molecule has 0 radical (unpaired) electrons. The molecule has 2 saturated heterocycles. The van der Waals surface area contributed by atoms with Crippen LogP contribution in [0.15, 0.2) is 0 Å². The minimum atomic E-state index is -3.68. The van der Waals surface area contributed by atoms with E-state index in [1.807, 2.05) is 13.8 Å². The van der Waals surface area contributed by atoms with Gasteiger partial charge in [-0.2, -0.15) is 17.0 Å². The van der Waals surface area contributed by atoms with E-state index in [4.69, 9.17) is 10.8 Å². The van der Waals surface area contributed by atoms with E-state index in [-0.39, 0.29) is 31.5 Å². The smallest absolute Gasteiger partial charge is 0.325 e. The molecule has 2 rings (SSSR count). The van der Waals surface area contributed by atoms with Crippen LogP contribution in [-0.4, -0.2) is 72.4 Å². The number of carbonyl (C=O) groups is 1. The molecule has 0 aliphatic carbocycles. The number of hydrogen-bond donors (Lipinski definition) is 3. The van der Waals surface area contributed by atoms with Crippen LogP contribution in [0, 0.1) is 5.92 Å². The number of carboxylic acids is 1. The summed E-state index contributed by atoms with van der Waals surface area (Å²) >= 11 is 0. The number of aliphatic carboxylic acids is 1. The van der Waals surface area contributed by atoms with Crippen LogP contribution in [0.4, 0.5) is 0 Å². The molecule has 21 heavy (non-hydrogen) atoms. The molecule has 2 heterocycles. The van der Waals surface area contributed by atoms with Crippen molar-refractivity contribution in [3.05, 3.63) is 0 Å². The van der Waals surface area contributed by atoms with Crippen molar-refractivity contribution >= 4 is 16.2 Å². The normalized spacial score (nSPS) is 28.2. The van der Waals surface area contributed by atoms with Crippen molar-refractivity contribution in [1.29, 1.82) is 0 Å². The number of nitrogens with two attached hydrogens (primary N) is 1. The van der Waals surface area contributed by atoms with E-state index in [1.165, 1.54) is 8.61 Å². The standard InChI is InChI=1S/C12H24N4O4S/c1-9(2)7-16(10-5-14-6-10)21(19,20)15-4-3-12(13,8-15)11(17)18/h9-10,14H,3-8,13H2,1-2H3,(H,17,18)/t12-/m1/s1. The Balaban J connectivity index is 2.17. The largest absolute Gasteiger partial charge is 0.480 e. The van der Waals surface area contributed by atoms with E-state index >= 15 is 0 Å². The molecule has 0 amide bonds. The van der Waals surface area contributed by atoms with E-state index in [2.05, 4.69) is 5.32 Å². The number of nitrogens with one attached hydrogen (secondary N) is 1. The van der Waals surface area contributed by atoms with Gasteiger partial charge < -0.3 is 16.2 Å². The average Bonchev–Trinajstić information content (AvgIpc) is 2.70. The second kappa shape index (κ2) is 5.81. The Hall–Kier alpha value is -0.740. The average molecular weight is 320 g/mol. The highest BCUT2D eigenvalue weighted by Crippen LogP contribution is 2.26. The Morgan fingerprint density at radius 3 is 2.52 bits per heavy atom. The number of carboxylic acid groups (broad SMARTS) is 1. The van der Waals surface area contributed by atoms with Crippen LogP contribution < -0.4 is 11.1 Å². The van der Waals surface area contributed by atoms with Gasteiger partial charge in [-0.25, -0.2) is 0 Å². The molecule has 2 aliphatic rings. The topological polar surface area (TPSA) is 116 Å². The molecule has 0 saturated carbocycles. The maximum absolute atomic E-state index is 12.8. The Bertz CT molecular complexity index is 505. The third-order valence-electron chi connectivity index (χ3n) is 4.03. The molecule has 4 N–H and O–H groups in total. The van der Waals surface area contributed by atoms with E-state index in [0.29, 0.717) is 19.6 Å². The van der Waals surface area contributed by atoms with Gasteiger partial charge in [-0.1, -0.05) is 13.8 Å². The van der Waals surface area contributed by atoms with Gasteiger partial charge in [0.25, 0.3) is 10.2 Å². The molecule has 122 valence electrons. The van der Waals surface area contributed by atoms with Crippen molar-refractivity contribution in [2.75, 3.05) is 32.7 Å². The van der Waals surface area contributed by atoms with Crippen molar-refractivity contribution in [2.24, 2.45) is 11.7 Å². The zero-order chi connectivity index (χ0) is 15.8. The lowest BCUT2D eigenvalue weighted by Crippen LogP contribution is -2.62. The molecular weight excluding hydrogens is 296 g/mol. The van der Waals surface area contributed by atoms with E-state index in [0.717, 1.165) is 0 Å². The van der Waals surface area contributed by atoms with E-state index in [9.17, 15) is 13.2 Å². The first kappa shape index (κ1) is 16.6. The monoisotopic (exact) mass is 320 g/mol. The summed E-state index contributed by atoms with van der Waals surface area (Å²) in [4.78, 5) is 11.2. The predicted octanol–water partition coefficient (Wildman–Crippen LogP) is -1.35. The SMILES string of the molecule is CC(C)CN(C1CNC1)S(=O)(=O)N1CC[C@](N)(C(=O)O)C1. The van der Waals surface area contributed by atoms with Crippen LogP contribution >= 0.6 is 0 Å². The highest BCUT2D eigenvalue weighted by atomic mass is 32.2. The summed E-state index contributed by atoms with van der Waals surface area (Å²) in [6.07, 6.45) is 0.139. The molecule has 0 aromatic heterocycles. The lowest BCUT2D eigenvalue weighted by Gasteiger charge is -2.40. The van der Waals surface area contributed by atoms with Crippen LogP contribution in [0.3, 0.4) is 0 Å². The van der Waals surface area contributed by atoms with Gasteiger partial charge in [-0.05, 0) is 12.3 Å². The van der Waals surface area contributed by atoms with Gasteiger partial charge in [-0.15, -0.1) is 0 Å². The van der Waals surface area contributed by atoms with Crippen LogP contribution in [0.2, 0.25) is 0 Å². The first-order chi connectivity index (χ1) is 9.67. The first-order valence-electron chi connectivity index (χ1n) is 7.17. The second-order valence-corrected chi connectivity index (χ2v) is 8.21. The summed E-state index contributed by atoms with van der Waals surface area (Å²) < 4.78 is 28.3. The maximum Gasteiger partial charge on any atom is 0.325 e. The minimum absolute atomic E-state index is 0.0602. The molecule has 0 spiro atoms. The van der Waals surface area contributed by atoms with Crippen molar-refractivity contribution in [1.82, 2.24) is 13.9 Å². The number of hydrogen-bond acceptors (Lipinski definition) is 5. The van der Waals surface area contributed by atoms with Crippen molar-refractivity contribution < 1.29 is 18.3 Å². The molecular formula is C12H24N4O4S. The summed E-state index contributed by atoms with van der Waals surface area (Å²) in [7, 11) is -3.68. The van der Waals surface area contributed by atoms with Crippen LogP contribution in [0.1, 0.15) is 20.3 Å². The quantitative estimate of drug-likeness (QED) is 0.557. The Labute approximate surface area is 125 Å². The molecule has 9 heteroatoms. The minimum Gasteiger partial charge on any atom is -0.480 e. The maximum atomic E-state index is 12.8. The fourth-order valence-electron chi connectivity index (χ4n) is 2.59.